The van der Waals surface area contributed by atoms with Crippen LogP contribution in [-0.4, -0.2) is 16.8 Å². The number of carbonyl (C=O) groups is 1. The molecule has 4 heteroatoms. The summed E-state index contributed by atoms with van der Waals surface area (Å²) in [7, 11) is 0. The van der Waals surface area contributed by atoms with E-state index in [1.807, 2.05) is 0 Å². The first-order valence-electron chi connectivity index (χ1n) is 6.27. The van der Waals surface area contributed by atoms with E-state index in [1.54, 1.807) is 19.1 Å². The van der Waals surface area contributed by atoms with Crippen molar-refractivity contribution in [2.24, 2.45) is 0 Å². The topological polar surface area (TPSA) is 29.1 Å². The molecule has 0 spiro atoms. The van der Waals surface area contributed by atoms with E-state index in [2.05, 4.69) is 21.2 Å². The van der Waals surface area contributed by atoms with Crippen LogP contribution in [-0.2, 0) is 0 Å². The summed E-state index contributed by atoms with van der Waals surface area (Å²) in [6.45, 7) is 1.69. The Hall–Kier alpha value is -0.900. The van der Waals surface area contributed by atoms with Crippen molar-refractivity contribution < 1.29 is 9.18 Å². The molecule has 0 aromatic heterocycles. The number of aryl methyl sites for hydroxylation is 1. The van der Waals surface area contributed by atoms with Gasteiger partial charge in [0.1, 0.15) is 5.82 Å². The predicted molar refractivity (Wildman–Crippen MR) is 73.6 cm³/mol. The van der Waals surface area contributed by atoms with Crippen LogP contribution in [0.25, 0.3) is 0 Å². The summed E-state index contributed by atoms with van der Waals surface area (Å²) in [4.78, 5) is 12.5. The SMILES string of the molecule is Cc1ccc(C(=O)NC2CCC(Br)CC2)cc1F. The second-order valence-corrected chi connectivity index (χ2v) is 6.18. The minimum atomic E-state index is -0.327. The van der Waals surface area contributed by atoms with Gasteiger partial charge < -0.3 is 5.32 Å². The van der Waals surface area contributed by atoms with Crippen molar-refractivity contribution in [1.82, 2.24) is 5.32 Å². The molecule has 0 atom stereocenters. The Bertz CT molecular complexity index is 441. The summed E-state index contributed by atoms with van der Waals surface area (Å²) in [5.74, 6) is -0.501. The molecule has 1 aliphatic carbocycles. The van der Waals surface area contributed by atoms with Gasteiger partial charge in [0.25, 0.3) is 5.91 Å². The van der Waals surface area contributed by atoms with E-state index < -0.39 is 0 Å². The van der Waals surface area contributed by atoms with Crippen LogP contribution in [0.1, 0.15) is 41.6 Å². The number of rotatable bonds is 2. The molecule has 1 amide bonds. The van der Waals surface area contributed by atoms with Crippen LogP contribution >= 0.6 is 15.9 Å². The van der Waals surface area contributed by atoms with Crippen molar-refractivity contribution in [3.05, 3.63) is 35.1 Å². The number of halogens is 2. The average molecular weight is 314 g/mol. The third-order valence-electron chi connectivity index (χ3n) is 3.43. The molecule has 1 saturated carbocycles. The maximum atomic E-state index is 13.4. The standard InChI is InChI=1S/C14H17BrFNO/c1-9-2-3-10(8-13(9)16)14(18)17-12-6-4-11(15)5-7-12/h2-3,8,11-12H,4-7H2,1H3,(H,17,18). The third kappa shape index (κ3) is 3.31. The van der Waals surface area contributed by atoms with Crippen molar-refractivity contribution in [1.29, 1.82) is 0 Å². The molecule has 0 heterocycles. The number of benzene rings is 1. The summed E-state index contributed by atoms with van der Waals surface area (Å²) in [5.41, 5.74) is 0.963. The van der Waals surface area contributed by atoms with Gasteiger partial charge in [0.15, 0.2) is 0 Å². The van der Waals surface area contributed by atoms with Crippen molar-refractivity contribution in [2.75, 3.05) is 0 Å². The normalized spacial score (nSPS) is 23.7. The summed E-state index contributed by atoms with van der Waals surface area (Å²) in [6, 6.07) is 4.83. The lowest BCUT2D eigenvalue weighted by Gasteiger charge is -2.26. The molecule has 0 bridgehead atoms. The Labute approximate surface area is 115 Å². The summed E-state index contributed by atoms with van der Waals surface area (Å²) in [6.07, 6.45) is 4.12. The van der Waals surface area contributed by atoms with Gasteiger partial charge in [0.05, 0.1) is 0 Å². The largest absolute Gasteiger partial charge is 0.349 e. The minimum Gasteiger partial charge on any atom is -0.349 e. The zero-order chi connectivity index (χ0) is 13.1. The Morgan fingerprint density at radius 3 is 2.61 bits per heavy atom. The van der Waals surface area contributed by atoms with Gasteiger partial charge in [-0.1, -0.05) is 22.0 Å². The van der Waals surface area contributed by atoms with E-state index >= 15 is 0 Å². The van der Waals surface area contributed by atoms with Crippen LogP contribution < -0.4 is 5.32 Å². The molecular weight excluding hydrogens is 297 g/mol. The number of amides is 1. The average Bonchev–Trinajstić information content (AvgIpc) is 2.35. The smallest absolute Gasteiger partial charge is 0.251 e. The van der Waals surface area contributed by atoms with E-state index in [0.29, 0.717) is 16.0 Å². The van der Waals surface area contributed by atoms with Crippen LogP contribution in [0.4, 0.5) is 4.39 Å². The first kappa shape index (κ1) is 13.5. The number of hydrogen-bond acceptors (Lipinski definition) is 1. The van der Waals surface area contributed by atoms with Gasteiger partial charge in [0, 0.05) is 16.4 Å². The van der Waals surface area contributed by atoms with E-state index in [0.717, 1.165) is 25.7 Å². The third-order valence-corrected chi connectivity index (χ3v) is 4.34. The van der Waals surface area contributed by atoms with Crippen LogP contribution in [0, 0.1) is 12.7 Å². The van der Waals surface area contributed by atoms with Gasteiger partial charge in [-0.25, -0.2) is 4.39 Å². The van der Waals surface area contributed by atoms with E-state index in [-0.39, 0.29) is 17.8 Å². The highest BCUT2D eigenvalue weighted by atomic mass is 79.9. The Balaban J connectivity index is 1.97. The van der Waals surface area contributed by atoms with Crippen LogP contribution in [0.5, 0.6) is 0 Å². The second-order valence-electron chi connectivity index (χ2n) is 4.89. The molecule has 2 nitrogen and oxygen atoms in total. The Kier molecular flexibility index (Phi) is 4.38. The Morgan fingerprint density at radius 2 is 2.00 bits per heavy atom. The lowest BCUT2D eigenvalue weighted by Crippen LogP contribution is -2.37. The predicted octanol–water partition coefficient (Wildman–Crippen LogP) is 3.57. The highest BCUT2D eigenvalue weighted by Crippen LogP contribution is 2.24. The monoisotopic (exact) mass is 313 g/mol. The second kappa shape index (κ2) is 5.83. The van der Waals surface area contributed by atoms with Gasteiger partial charge in [-0.15, -0.1) is 0 Å². The molecule has 0 aliphatic heterocycles. The van der Waals surface area contributed by atoms with Gasteiger partial charge in [0.2, 0.25) is 0 Å². The molecule has 1 fully saturated rings. The molecule has 0 radical (unpaired) electrons. The lowest BCUT2D eigenvalue weighted by atomic mass is 9.95. The molecule has 98 valence electrons. The Morgan fingerprint density at radius 1 is 1.33 bits per heavy atom. The van der Waals surface area contributed by atoms with Crippen LogP contribution in [0.3, 0.4) is 0 Å². The highest BCUT2D eigenvalue weighted by molar-refractivity contribution is 9.09. The zero-order valence-electron chi connectivity index (χ0n) is 10.4. The van der Waals surface area contributed by atoms with E-state index in [1.165, 1.54) is 6.07 Å². The fourth-order valence-electron chi connectivity index (χ4n) is 2.20. The number of carbonyl (C=O) groups excluding carboxylic acids is 1. The fourth-order valence-corrected chi connectivity index (χ4v) is 2.73. The summed E-state index contributed by atoms with van der Waals surface area (Å²) < 4.78 is 13.4. The maximum absolute atomic E-state index is 13.4. The van der Waals surface area contributed by atoms with E-state index in [4.69, 9.17) is 0 Å². The maximum Gasteiger partial charge on any atom is 0.251 e. The van der Waals surface area contributed by atoms with Gasteiger partial charge in [-0.2, -0.15) is 0 Å². The lowest BCUT2D eigenvalue weighted by molar-refractivity contribution is 0.0928. The number of hydrogen-bond donors (Lipinski definition) is 1. The molecule has 2 rings (SSSR count). The molecule has 1 N–H and O–H groups in total. The van der Waals surface area contributed by atoms with Crippen molar-refractivity contribution >= 4 is 21.8 Å². The highest BCUT2D eigenvalue weighted by Gasteiger charge is 2.21. The fraction of sp³-hybridized carbons (Fsp3) is 0.500. The quantitative estimate of drug-likeness (QED) is 0.831. The van der Waals surface area contributed by atoms with Crippen molar-refractivity contribution in [3.8, 4) is 0 Å². The molecule has 18 heavy (non-hydrogen) atoms. The molecule has 0 unspecified atom stereocenters. The number of nitrogens with one attached hydrogen (secondary N) is 1. The zero-order valence-corrected chi connectivity index (χ0v) is 12.0. The molecular formula is C14H17BrFNO. The molecule has 1 aliphatic rings. The van der Waals surface area contributed by atoms with E-state index in [9.17, 15) is 9.18 Å². The summed E-state index contributed by atoms with van der Waals surface area (Å²) >= 11 is 3.58. The molecule has 1 aromatic carbocycles. The van der Waals surface area contributed by atoms with Gasteiger partial charge >= 0.3 is 0 Å². The van der Waals surface area contributed by atoms with Crippen LogP contribution in [0.15, 0.2) is 18.2 Å². The van der Waals surface area contributed by atoms with Crippen molar-refractivity contribution in [2.45, 2.75) is 43.5 Å². The minimum absolute atomic E-state index is 0.174. The van der Waals surface area contributed by atoms with Gasteiger partial charge in [-0.05, 0) is 50.3 Å². The first-order chi connectivity index (χ1) is 8.56. The van der Waals surface area contributed by atoms with Crippen molar-refractivity contribution in [3.63, 3.8) is 0 Å². The molecule has 1 aromatic rings. The van der Waals surface area contributed by atoms with Crippen LogP contribution in [0.2, 0.25) is 0 Å². The summed E-state index contributed by atoms with van der Waals surface area (Å²) in [5, 5.41) is 2.98. The number of alkyl halides is 1. The first-order valence-corrected chi connectivity index (χ1v) is 7.19. The van der Waals surface area contributed by atoms with Gasteiger partial charge in [-0.3, -0.25) is 4.79 Å². The molecule has 0 saturated heterocycles.